The molecule has 0 radical (unpaired) electrons. The van der Waals surface area contributed by atoms with E-state index in [0.717, 1.165) is 0 Å². The summed E-state index contributed by atoms with van der Waals surface area (Å²) in [5, 5.41) is 17.2. The third-order valence-electron chi connectivity index (χ3n) is 3.26. The SMILES string of the molecule is C#CCCC1(CCC(=O)NS(=O)(=O)c2nnc(NC(=O)CC)s2)N=N1. The van der Waals surface area contributed by atoms with Crippen LogP contribution in [0.15, 0.2) is 14.6 Å². The molecule has 1 aromatic rings. The minimum absolute atomic E-state index is 0.0449. The van der Waals surface area contributed by atoms with Gasteiger partial charge in [-0.05, 0) is 0 Å². The monoisotopic (exact) mass is 384 g/mol. The van der Waals surface area contributed by atoms with Gasteiger partial charge >= 0.3 is 0 Å². The molecule has 0 fully saturated rings. The smallest absolute Gasteiger partial charge is 0.293 e. The number of carbonyl (C=O) groups excluding carboxylic acids is 2. The largest absolute Gasteiger partial charge is 0.301 e. The predicted molar refractivity (Wildman–Crippen MR) is 89.0 cm³/mol. The molecule has 25 heavy (non-hydrogen) atoms. The Balaban J connectivity index is 1.89. The van der Waals surface area contributed by atoms with Gasteiger partial charge in [0, 0.05) is 32.1 Å². The van der Waals surface area contributed by atoms with E-state index in [2.05, 4.69) is 31.7 Å². The van der Waals surface area contributed by atoms with E-state index >= 15 is 0 Å². The van der Waals surface area contributed by atoms with Gasteiger partial charge in [0.1, 0.15) is 0 Å². The Kier molecular flexibility index (Phi) is 5.81. The zero-order chi connectivity index (χ0) is 18.5. The molecule has 0 saturated carbocycles. The zero-order valence-electron chi connectivity index (χ0n) is 13.4. The van der Waals surface area contributed by atoms with E-state index in [1.807, 2.05) is 4.72 Å². The summed E-state index contributed by atoms with van der Waals surface area (Å²) in [5.41, 5.74) is -0.659. The van der Waals surface area contributed by atoms with Gasteiger partial charge in [0.2, 0.25) is 16.9 Å². The van der Waals surface area contributed by atoms with E-state index in [1.165, 1.54) is 0 Å². The van der Waals surface area contributed by atoms with E-state index in [9.17, 15) is 18.0 Å². The first-order chi connectivity index (χ1) is 11.8. The number of sulfonamides is 1. The quantitative estimate of drug-likeness (QED) is 0.481. The Labute approximate surface area is 148 Å². The maximum Gasteiger partial charge on any atom is 0.293 e. The number of terminal acetylenes is 1. The van der Waals surface area contributed by atoms with Crippen molar-refractivity contribution >= 4 is 38.3 Å². The first-order valence-corrected chi connectivity index (χ1v) is 9.67. The molecule has 0 spiro atoms. The van der Waals surface area contributed by atoms with Crippen molar-refractivity contribution in [2.75, 3.05) is 5.32 Å². The molecule has 0 aliphatic carbocycles. The molecule has 0 atom stereocenters. The second-order valence-electron chi connectivity index (χ2n) is 5.19. The minimum Gasteiger partial charge on any atom is -0.301 e. The highest BCUT2D eigenvalue weighted by Gasteiger charge is 2.39. The fraction of sp³-hybridized carbons (Fsp3) is 0.538. The number of nitrogens with zero attached hydrogens (tertiary/aromatic N) is 4. The summed E-state index contributed by atoms with van der Waals surface area (Å²) in [6.07, 6.45) is 6.61. The van der Waals surface area contributed by atoms with Crippen molar-refractivity contribution in [3.63, 3.8) is 0 Å². The summed E-state index contributed by atoms with van der Waals surface area (Å²) < 4.78 is 25.7. The fourth-order valence-electron chi connectivity index (χ4n) is 1.80. The number of anilines is 1. The van der Waals surface area contributed by atoms with E-state index in [1.54, 1.807) is 6.92 Å². The number of hydrogen-bond acceptors (Lipinski definition) is 9. The minimum atomic E-state index is -4.14. The van der Waals surface area contributed by atoms with Crippen LogP contribution < -0.4 is 10.0 Å². The highest BCUT2D eigenvalue weighted by atomic mass is 32.2. The fourth-order valence-corrected chi connectivity index (χ4v) is 3.73. The highest BCUT2D eigenvalue weighted by molar-refractivity contribution is 7.92. The van der Waals surface area contributed by atoms with E-state index in [4.69, 9.17) is 6.42 Å². The van der Waals surface area contributed by atoms with Crippen LogP contribution in [0.2, 0.25) is 0 Å². The average Bonchev–Trinajstić information content (AvgIpc) is 3.18. The molecule has 10 nitrogen and oxygen atoms in total. The van der Waals surface area contributed by atoms with Crippen molar-refractivity contribution < 1.29 is 18.0 Å². The Morgan fingerprint density at radius 2 is 1.96 bits per heavy atom. The van der Waals surface area contributed by atoms with Gasteiger partial charge < -0.3 is 5.32 Å². The van der Waals surface area contributed by atoms with Gasteiger partial charge in [0.05, 0.1) is 0 Å². The molecule has 2 N–H and O–H groups in total. The maximum atomic E-state index is 12.1. The van der Waals surface area contributed by atoms with E-state index < -0.39 is 25.9 Å². The lowest BCUT2D eigenvalue weighted by molar-refractivity contribution is -0.119. The predicted octanol–water partition coefficient (Wildman–Crippen LogP) is 1.05. The molecule has 1 aliphatic rings. The van der Waals surface area contributed by atoms with Gasteiger partial charge in [-0.25, -0.2) is 4.72 Å². The summed E-state index contributed by atoms with van der Waals surface area (Å²) in [6.45, 7) is 1.64. The van der Waals surface area contributed by atoms with Crippen LogP contribution in [-0.2, 0) is 19.6 Å². The number of nitrogens with one attached hydrogen (secondary N) is 2. The van der Waals surface area contributed by atoms with Crippen molar-refractivity contribution in [2.45, 2.75) is 49.0 Å². The van der Waals surface area contributed by atoms with Crippen LogP contribution in [0.25, 0.3) is 0 Å². The molecule has 0 bridgehead atoms. The molecule has 0 unspecified atom stereocenters. The van der Waals surface area contributed by atoms with E-state index in [-0.39, 0.29) is 30.3 Å². The molecule has 2 heterocycles. The first kappa shape index (κ1) is 18.9. The second kappa shape index (κ2) is 7.66. The lowest BCUT2D eigenvalue weighted by Crippen LogP contribution is -2.31. The number of hydrogen-bond donors (Lipinski definition) is 2. The zero-order valence-corrected chi connectivity index (χ0v) is 15.0. The van der Waals surface area contributed by atoms with Gasteiger partial charge in [-0.2, -0.15) is 18.6 Å². The Morgan fingerprint density at radius 1 is 1.24 bits per heavy atom. The Morgan fingerprint density at radius 3 is 2.56 bits per heavy atom. The summed E-state index contributed by atoms with van der Waals surface area (Å²) in [7, 11) is -4.14. The van der Waals surface area contributed by atoms with Crippen LogP contribution in [0.1, 0.15) is 39.0 Å². The van der Waals surface area contributed by atoms with Gasteiger partial charge in [0.25, 0.3) is 14.4 Å². The van der Waals surface area contributed by atoms with Gasteiger partial charge in [0.15, 0.2) is 5.66 Å². The van der Waals surface area contributed by atoms with Crippen molar-refractivity contribution in [2.24, 2.45) is 10.2 Å². The van der Waals surface area contributed by atoms with Crippen LogP contribution in [0.5, 0.6) is 0 Å². The summed E-state index contributed by atoms with van der Waals surface area (Å²) in [6, 6.07) is 0. The summed E-state index contributed by atoms with van der Waals surface area (Å²) in [5.74, 6) is 1.45. The molecular weight excluding hydrogens is 368 g/mol. The highest BCUT2D eigenvalue weighted by Crippen LogP contribution is 2.37. The van der Waals surface area contributed by atoms with E-state index in [0.29, 0.717) is 24.2 Å². The van der Waals surface area contributed by atoms with Crippen LogP contribution in [0.3, 0.4) is 0 Å². The molecule has 134 valence electrons. The molecule has 2 amide bonds. The molecular formula is C13H16N6O4S2. The van der Waals surface area contributed by atoms with Crippen LogP contribution >= 0.6 is 11.3 Å². The standard InChI is InChI=1S/C13H16N6O4S2/c1-3-5-7-13(18-19-13)8-6-10(21)17-25(22,23)12-16-15-11(24-12)14-9(20)4-2/h1H,4-8H2,2H3,(H,17,21)(H,14,15,20). The first-order valence-electron chi connectivity index (χ1n) is 7.37. The molecule has 0 saturated heterocycles. The summed E-state index contributed by atoms with van der Waals surface area (Å²) >= 11 is 0.657. The van der Waals surface area contributed by atoms with Gasteiger partial charge in [-0.1, -0.05) is 18.3 Å². The molecule has 12 heteroatoms. The maximum absolute atomic E-state index is 12.1. The number of carbonyl (C=O) groups is 2. The molecule has 1 aliphatic heterocycles. The van der Waals surface area contributed by atoms with Crippen molar-refractivity contribution in [1.82, 2.24) is 14.9 Å². The average molecular weight is 384 g/mol. The summed E-state index contributed by atoms with van der Waals surface area (Å²) in [4.78, 5) is 23.1. The van der Waals surface area contributed by atoms with Crippen molar-refractivity contribution in [1.29, 1.82) is 0 Å². The third-order valence-corrected chi connectivity index (χ3v) is 5.84. The Hall–Kier alpha value is -2.39. The van der Waals surface area contributed by atoms with Gasteiger partial charge in [-0.3, -0.25) is 9.59 Å². The third kappa shape index (κ3) is 5.30. The second-order valence-corrected chi connectivity index (χ2v) is 8.02. The molecule has 0 aromatic carbocycles. The van der Waals surface area contributed by atoms with Crippen molar-refractivity contribution in [3.8, 4) is 12.3 Å². The normalized spacial score (nSPS) is 14.6. The number of aromatic nitrogens is 2. The number of rotatable bonds is 9. The van der Waals surface area contributed by atoms with Crippen LogP contribution in [0.4, 0.5) is 5.13 Å². The molecule has 1 aromatic heterocycles. The lowest BCUT2D eigenvalue weighted by atomic mass is 10.0. The van der Waals surface area contributed by atoms with Crippen molar-refractivity contribution in [3.05, 3.63) is 0 Å². The number of amides is 2. The lowest BCUT2D eigenvalue weighted by Gasteiger charge is -2.08. The van der Waals surface area contributed by atoms with Crippen LogP contribution in [0, 0.1) is 12.3 Å². The van der Waals surface area contributed by atoms with Crippen LogP contribution in [-0.4, -0.2) is 36.1 Å². The van der Waals surface area contributed by atoms with Gasteiger partial charge in [-0.15, -0.1) is 22.5 Å². The topological polar surface area (TPSA) is 143 Å². The Bertz CT molecular complexity index is 833. The molecule has 2 rings (SSSR count).